The first-order valence-corrected chi connectivity index (χ1v) is 5.74. The summed E-state index contributed by atoms with van der Waals surface area (Å²) in [6.45, 7) is 17.4. The lowest BCUT2D eigenvalue weighted by Gasteiger charge is -2.34. The fourth-order valence-electron chi connectivity index (χ4n) is 1.44. The van der Waals surface area contributed by atoms with Crippen molar-refractivity contribution in [1.29, 1.82) is 0 Å². The van der Waals surface area contributed by atoms with Crippen LogP contribution in [0.15, 0.2) is 12.7 Å². The predicted octanol–water partition coefficient (Wildman–Crippen LogP) is 1.80. The van der Waals surface area contributed by atoms with Gasteiger partial charge in [-0.15, -0.1) is 0 Å². The Morgan fingerprint density at radius 3 is 1.47 bits per heavy atom. The molecule has 0 aromatic carbocycles. The number of hydrogen-bond acceptors (Lipinski definition) is 1. The highest BCUT2D eigenvalue weighted by atomic mass is 16.1. The summed E-state index contributed by atoms with van der Waals surface area (Å²) >= 11 is 0. The molecule has 0 heterocycles. The summed E-state index contributed by atoms with van der Waals surface area (Å²) in [5.74, 6) is -0.144. The van der Waals surface area contributed by atoms with Gasteiger partial charge in [0, 0.05) is 7.05 Å². The fourth-order valence-corrected chi connectivity index (χ4v) is 1.44. The van der Waals surface area contributed by atoms with Crippen molar-refractivity contribution in [1.82, 2.24) is 5.32 Å². The number of quaternary nitrogens is 1. The largest absolute Gasteiger partial charge is 0.356 e. The van der Waals surface area contributed by atoms with Crippen LogP contribution in [0.2, 0.25) is 0 Å². The van der Waals surface area contributed by atoms with Gasteiger partial charge in [0.1, 0.15) is 0 Å². The lowest BCUT2D eigenvalue weighted by atomic mass is 10.3. The molecule has 0 fully saturated rings. The van der Waals surface area contributed by atoms with Crippen LogP contribution in [-0.2, 0) is 4.79 Å². The minimum atomic E-state index is -0.144. The molecule has 15 heavy (non-hydrogen) atoms. The third kappa shape index (κ3) is 7.14. The quantitative estimate of drug-likeness (QED) is 0.550. The Labute approximate surface area is 94.8 Å². The first-order valence-electron chi connectivity index (χ1n) is 5.74. The molecule has 90 valence electrons. The maximum absolute atomic E-state index is 9.95. The van der Waals surface area contributed by atoms with E-state index in [0.29, 0.717) is 0 Å². The van der Waals surface area contributed by atoms with E-state index in [4.69, 9.17) is 0 Å². The summed E-state index contributed by atoms with van der Waals surface area (Å²) < 4.78 is 1.28. The maximum atomic E-state index is 9.95. The number of nitrogens with one attached hydrogen (secondary N) is 1. The summed E-state index contributed by atoms with van der Waals surface area (Å²) in [5, 5.41) is 2.36. The van der Waals surface area contributed by atoms with E-state index in [1.54, 1.807) is 7.05 Å². The van der Waals surface area contributed by atoms with E-state index in [2.05, 4.69) is 39.6 Å². The zero-order valence-corrected chi connectivity index (χ0v) is 11.0. The van der Waals surface area contributed by atoms with E-state index in [-0.39, 0.29) is 5.91 Å². The Hall–Kier alpha value is -0.830. The van der Waals surface area contributed by atoms with Crippen molar-refractivity contribution in [2.75, 3.05) is 33.2 Å². The van der Waals surface area contributed by atoms with Gasteiger partial charge in [0.15, 0.2) is 0 Å². The molecule has 0 rings (SSSR count). The number of likely N-dealkylation sites (N-methyl/N-ethyl adjacent to an activating group) is 1. The van der Waals surface area contributed by atoms with Crippen molar-refractivity contribution >= 4 is 5.91 Å². The standard InChI is InChI=1S/C8H20N.C4H7NO/c1-5-9(6-2,7-3)8-4;1-3-4(6)5-2/h5-8H2,1-4H3;3H,1H2,2H3,(H,5,6)/q+1;. The van der Waals surface area contributed by atoms with E-state index in [0.717, 1.165) is 0 Å². The van der Waals surface area contributed by atoms with Gasteiger partial charge in [0.25, 0.3) is 0 Å². The smallest absolute Gasteiger partial charge is 0.243 e. The molecule has 0 saturated carbocycles. The zero-order valence-electron chi connectivity index (χ0n) is 11.0. The minimum absolute atomic E-state index is 0.144. The molecule has 3 heteroatoms. The Kier molecular flexibility index (Phi) is 10.7. The first kappa shape index (κ1) is 16.6. The molecule has 0 aliphatic carbocycles. The number of carbonyl (C=O) groups is 1. The van der Waals surface area contributed by atoms with Crippen LogP contribution in [0.25, 0.3) is 0 Å². The molecule has 0 atom stereocenters. The molecule has 0 bridgehead atoms. The zero-order chi connectivity index (χ0) is 12.3. The number of rotatable bonds is 5. The van der Waals surface area contributed by atoms with Gasteiger partial charge >= 0.3 is 0 Å². The molecule has 0 saturated heterocycles. The minimum Gasteiger partial charge on any atom is -0.356 e. The van der Waals surface area contributed by atoms with Crippen molar-refractivity contribution < 1.29 is 9.28 Å². The molecule has 0 aliphatic rings. The Balaban J connectivity index is 0. The van der Waals surface area contributed by atoms with Gasteiger partial charge in [-0.2, -0.15) is 0 Å². The van der Waals surface area contributed by atoms with Crippen molar-refractivity contribution in [3.8, 4) is 0 Å². The monoisotopic (exact) mass is 215 g/mol. The summed E-state index contributed by atoms with van der Waals surface area (Å²) in [4.78, 5) is 9.95. The van der Waals surface area contributed by atoms with E-state index in [9.17, 15) is 4.79 Å². The molecule has 0 spiro atoms. The molecular formula is C12H27N2O+. The van der Waals surface area contributed by atoms with Gasteiger partial charge in [-0.1, -0.05) is 6.58 Å². The molecule has 1 amide bonds. The van der Waals surface area contributed by atoms with Crippen LogP contribution in [-0.4, -0.2) is 43.6 Å². The van der Waals surface area contributed by atoms with Crippen molar-refractivity contribution in [2.24, 2.45) is 0 Å². The van der Waals surface area contributed by atoms with Gasteiger partial charge in [-0.25, -0.2) is 0 Å². The van der Waals surface area contributed by atoms with Crippen molar-refractivity contribution in [3.05, 3.63) is 12.7 Å². The first-order chi connectivity index (χ1) is 7.05. The summed E-state index contributed by atoms with van der Waals surface area (Å²) in [6, 6.07) is 0. The highest BCUT2D eigenvalue weighted by Gasteiger charge is 2.16. The van der Waals surface area contributed by atoms with Crippen LogP contribution in [0, 0.1) is 0 Å². The van der Waals surface area contributed by atoms with Gasteiger partial charge in [-0.05, 0) is 33.8 Å². The second-order valence-corrected chi connectivity index (χ2v) is 3.42. The average Bonchev–Trinajstić information content (AvgIpc) is 2.32. The van der Waals surface area contributed by atoms with Crippen LogP contribution >= 0.6 is 0 Å². The second-order valence-electron chi connectivity index (χ2n) is 3.42. The predicted molar refractivity (Wildman–Crippen MR) is 66.7 cm³/mol. The third-order valence-electron chi connectivity index (χ3n) is 3.12. The third-order valence-corrected chi connectivity index (χ3v) is 3.12. The molecular weight excluding hydrogens is 188 g/mol. The van der Waals surface area contributed by atoms with E-state index in [1.165, 1.54) is 36.7 Å². The van der Waals surface area contributed by atoms with E-state index >= 15 is 0 Å². The second kappa shape index (κ2) is 9.71. The molecule has 0 aromatic rings. The fraction of sp³-hybridized carbons (Fsp3) is 0.750. The summed E-state index contributed by atoms with van der Waals surface area (Å²) in [6.07, 6.45) is 1.22. The van der Waals surface area contributed by atoms with Crippen LogP contribution in [0.3, 0.4) is 0 Å². The van der Waals surface area contributed by atoms with E-state index in [1.807, 2.05) is 0 Å². The van der Waals surface area contributed by atoms with Crippen LogP contribution in [0.5, 0.6) is 0 Å². The van der Waals surface area contributed by atoms with Gasteiger partial charge in [0.2, 0.25) is 5.91 Å². The molecule has 0 aliphatic heterocycles. The lowest BCUT2D eigenvalue weighted by Crippen LogP contribution is -2.47. The topological polar surface area (TPSA) is 29.1 Å². The normalized spacial score (nSPS) is 9.93. The van der Waals surface area contributed by atoms with E-state index < -0.39 is 0 Å². The number of hydrogen-bond donors (Lipinski definition) is 1. The van der Waals surface area contributed by atoms with Crippen LogP contribution in [0.4, 0.5) is 0 Å². The summed E-state index contributed by atoms with van der Waals surface area (Å²) in [5.41, 5.74) is 0. The SMILES string of the molecule is C=CC(=O)NC.CC[N+](CC)(CC)CC. The highest BCUT2D eigenvalue weighted by molar-refractivity contribution is 5.86. The number of amides is 1. The van der Waals surface area contributed by atoms with Crippen molar-refractivity contribution in [3.63, 3.8) is 0 Å². The van der Waals surface area contributed by atoms with Gasteiger partial charge in [0.05, 0.1) is 26.2 Å². The van der Waals surface area contributed by atoms with Gasteiger partial charge in [-0.3, -0.25) is 4.79 Å². The summed E-state index contributed by atoms with van der Waals surface area (Å²) in [7, 11) is 1.56. The average molecular weight is 215 g/mol. The molecule has 3 nitrogen and oxygen atoms in total. The van der Waals surface area contributed by atoms with Gasteiger partial charge < -0.3 is 9.80 Å². The Bertz CT molecular complexity index is 157. The van der Waals surface area contributed by atoms with Crippen molar-refractivity contribution in [2.45, 2.75) is 27.7 Å². The van der Waals surface area contributed by atoms with Crippen LogP contribution < -0.4 is 5.32 Å². The molecule has 0 unspecified atom stereocenters. The highest BCUT2D eigenvalue weighted by Crippen LogP contribution is 2.03. The Morgan fingerprint density at radius 1 is 1.13 bits per heavy atom. The number of nitrogens with zero attached hydrogens (tertiary/aromatic N) is 1. The molecule has 0 aromatic heterocycles. The Morgan fingerprint density at radius 2 is 1.47 bits per heavy atom. The molecule has 1 N–H and O–H groups in total. The van der Waals surface area contributed by atoms with Crippen LogP contribution in [0.1, 0.15) is 27.7 Å². The molecule has 0 radical (unpaired) electrons. The maximum Gasteiger partial charge on any atom is 0.243 e. The number of carbonyl (C=O) groups excluding carboxylic acids is 1. The lowest BCUT2D eigenvalue weighted by molar-refractivity contribution is -0.921.